The summed E-state index contributed by atoms with van der Waals surface area (Å²) in [7, 11) is 0. The number of esters is 1. The van der Waals surface area contributed by atoms with Gasteiger partial charge >= 0.3 is 12.1 Å². The minimum absolute atomic E-state index is 0.126. The molecule has 0 bridgehead atoms. The van der Waals surface area contributed by atoms with Gasteiger partial charge in [-0.1, -0.05) is 43.2 Å². The van der Waals surface area contributed by atoms with Crippen molar-refractivity contribution in [1.29, 1.82) is 0 Å². The lowest BCUT2D eigenvalue weighted by Crippen LogP contribution is -2.25. The summed E-state index contributed by atoms with van der Waals surface area (Å²) in [6.45, 7) is 13.4. The molecule has 0 aliphatic carbocycles. The Morgan fingerprint density at radius 1 is 0.917 bits per heavy atom. The number of carbonyl (C=O) groups excluding carboxylic acids is 2. The number of aliphatic hydroxyl groups is 1. The number of aromatic hydroxyl groups is 1. The average molecular weight is 491 g/mol. The highest BCUT2D eigenvalue weighted by molar-refractivity contribution is 5.66. The summed E-state index contributed by atoms with van der Waals surface area (Å²) in [5.74, 6) is 0.0653. The minimum Gasteiger partial charge on any atom is -0.508 e. The van der Waals surface area contributed by atoms with Crippen LogP contribution in [0.25, 0.3) is 12.2 Å². The van der Waals surface area contributed by atoms with Crippen LogP contribution >= 0.6 is 0 Å². The van der Waals surface area contributed by atoms with E-state index in [-0.39, 0.29) is 17.5 Å². The first-order valence-electron chi connectivity index (χ1n) is 10.8. The second-order valence-corrected chi connectivity index (χ2v) is 8.05. The first-order chi connectivity index (χ1) is 16.9. The number of hydrogen-bond acceptors (Lipinski definition) is 7. The Labute approximate surface area is 211 Å². The molecule has 0 unspecified atom stereocenters. The molecule has 0 radical (unpaired) electrons. The fraction of sp³-hybridized carbons (Fsp3) is 0.172. The first kappa shape index (κ1) is 29.3. The number of aliphatic hydroxyl groups excluding tert-OH is 1. The molecular formula is C29H30O7. The van der Waals surface area contributed by atoms with Crippen LogP contribution in [-0.4, -0.2) is 27.9 Å². The molecule has 0 saturated carbocycles. The fourth-order valence-electron chi connectivity index (χ4n) is 2.30. The van der Waals surface area contributed by atoms with E-state index < -0.39 is 11.8 Å². The third-order valence-electron chi connectivity index (χ3n) is 3.84. The van der Waals surface area contributed by atoms with Crippen LogP contribution in [0.5, 0.6) is 11.5 Å². The van der Waals surface area contributed by atoms with Crippen LogP contribution < -0.4 is 4.74 Å². The van der Waals surface area contributed by atoms with Crippen molar-refractivity contribution in [3.8, 4) is 11.5 Å². The monoisotopic (exact) mass is 490 g/mol. The minimum atomic E-state index is -0.768. The second kappa shape index (κ2) is 14.5. The molecule has 2 aromatic rings. The van der Waals surface area contributed by atoms with Gasteiger partial charge in [-0.25, -0.2) is 4.79 Å². The molecule has 2 N–H and O–H groups in total. The van der Waals surface area contributed by atoms with Crippen LogP contribution in [0.1, 0.15) is 38.8 Å². The standard InChI is InChI=1S/C25H24O5.C4H6O2/c1-5-20(23(27)17-11-19-7-13-21(26)14-8-19)12-6-18-9-15-22(16-10-18)29-24(28)30-25(2,3)4;1-3-6-4(2)5/h5-11,13-16,26-27H,1H2,2-4H3;3H,1H2,2H3. The number of phenols is 1. The quantitative estimate of drug-likeness (QED) is 0.150. The predicted molar refractivity (Wildman–Crippen MR) is 139 cm³/mol. The summed E-state index contributed by atoms with van der Waals surface area (Å²) in [4.78, 5) is 21.4. The lowest BCUT2D eigenvalue weighted by molar-refractivity contribution is -0.135. The van der Waals surface area contributed by atoms with E-state index in [1.54, 1.807) is 81.5 Å². The molecule has 0 aliphatic heterocycles. The van der Waals surface area contributed by atoms with E-state index in [4.69, 9.17) is 9.47 Å². The smallest absolute Gasteiger partial charge is 0.508 e. The second-order valence-electron chi connectivity index (χ2n) is 8.05. The molecule has 0 heterocycles. The summed E-state index contributed by atoms with van der Waals surface area (Å²) >= 11 is 0. The van der Waals surface area contributed by atoms with Crippen LogP contribution in [0.2, 0.25) is 0 Å². The average Bonchev–Trinajstić information content (AvgIpc) is 2.79. The van der Waals surface area contributed by atoms with Crippen molar-refractivity contribution in [1.82, 2.24) is 0 Å². The Kier molecular flexibility index (Phi) is 11.8. The van der Waals surface area contributed by atoms with E-state index in [1.165, 1.54) is 13.0 Å². The molecule has 0 spiro atoms. The Hall–Kier alpha value is -4.70. The number of hydrogen-bond donors (Lipinski definition) is 2. The van der Waals surface area contributed by atoms with E-state index >= 15 is 0 Å². The highest BCUT2D eigenvalue weighted by atomic mass is 16.7. The van der Waals surface area contributed by atoms with Gasteiger partial charge in [0, 0.05) is 6.92 Å². The SMILES string of the molecule is C=CC(=C=Cc1ccc(OC(=O)OC(C)(C)C)cc1)C(O)=C=Cc1ccc(O)cc1.C=COC(C)=O. The van der Waals surface area contributed by atoms with Gasteiger partial charge < -0.3 is 24.4 Å². The Morgan fingerprint density at radius 3 is 1.89 bits per heavy atom. The van der Waals surface area contributed by atoms with Crippen molar-refractivity contribution < 1.29 is 34.0 Å². The lowest BCUT2D eigenvalue weighted by Gasteiger charge is -2.18. The number of rotatable bonds is 6. The van der Waals surface area contributed by atoms with Gasteiger partial charge in [0.15, 0.2) is 5.76 Å². The number of carbonyl (C=O) groups is 2. The molecule has 188 valence electrons. The van der Waals surface area contributed by atoms with Gasteiger partial charge in [0.05, 0.1) is 11.8 Å². The number of benzene rings is 2. The van der Waals surface area contributed by atoms with Crippen molar-refractivity contribution in [3.05, 3.63) is 108 Å². The molecule has 0 amide bonds. The van der Waals surface area contributed by atoms with Crippen LogP contribution in [0, 0.1) is 0 Å². The zero-order valence-corrected chi connectivity index (χ0v) is 20.8. The third-order valence-corrected chi connectivity index (χ3v) is 3.84. The zero-order valence-electron chi connectivity index (χ0n) is 20.8. The van der Waals surface area contributed by atoms with Crippen molar-refractivity contribution in [2.75, 3.05) is 0 Å². The maximum atomic E-state index is 11.7. The molecular weight excluding hydrogens is 460 g/mol. The third kappa shape index (κ3) is 12.5. The molecule has 7 heteroatoms. The van der Waals surface area contributed by atoms with E-state index in [0.29, 0.717) is 11.3 Å². The molecule has 7 nitrogen and oxygen atoms in total. The molecule has 0 fully saturated rings. The Morgan fingerprint density at radius 2 is 1.44 bits per heavy atom. The molecule has 0 aromatic heterocycles. The predicted octanol–water partition coefficient (Wildman–Crippen LogP) is 6.88. The van der Waals surface area contributed by atoms with E-state index in [1.807, 2.05) is 0 Å². The Bertz CT molecular complexity index is 1180. The molecule has 0 saturated heterocycles. The van der Waals surface area contributed by atoms with Gasteiger partial charge in [-0.05, 0) is 74.4 Å². The summed E-state index contributed by atoms with van der Waals surface area (Å²) in [6.07, 6.45) is 5.04. The maximum absolute atomic E-state index is 11.7. The van der Waals surface area contributed by atoms with Crippen molar-refractivity contribution in [3.63, 3.8) is 0 Å². The van der Waals surface area contributed by atoms with Gasteiger partial charge in [0.2, 0.25) is 0 Å². The fourth-order valence-corrected chi connectivity index (χ4v) is 2.30. The highest BCUT2D eigenvalue weighted by Crippen LogP contribution is 2.17. The summed E-state index contributed by atoms with van der Waals surface area (Å²) in [5, 5.41) is 19.5. The maximum Gasteiger partial charge on any atom is 0.514 e. The van der Waals surface area contributed by atoms with Crippen molar-refractivity contribution >= 4 is 24.3 Å². The van der Waals surface area contributed by atoms with Crippen LogP contribution in [0.15, 0.2) is 96.8 Å². The van der Waals surface area contributed by atoms with E-state index in [0.717, 1.165) is 17.4 Å². The number of ether oxygens (including phenoxy) is 3. The van der Waals surface area contributed by atoms with Gasteiger partial charge in [0.1, 0.15) is 17.1 Å². The van der Waals surface area contributed by atoms with Gasteiger partial charge in [-0.2, -0.15) is 0 Å². The van der Waals surface area contributed by atoms with Crippen molar-refractivity contribution in [2.45, 2.75) is 33.3 Å². The van der Waals surface area contributed by atoms with E-state index in [2.05, 4.69) is 29.4 Å². The number of phenolic OH excluding ortho intramolecular Hbond substituents is 1. The lowest BCUT2D eigenvalue weighted by atomic mass is 10.1. The normalized spacial score (nSPS) is 9.56. The molecule has 0 aliphatic rings. The van der Waals surface area contributed by atoms with Crippen LogP contribution in [0.4, 0.5) is 4.79 Å². The first-order valence-corrected chi connectivity index (χ1v) is 10.8. The van der Waals surface area contributed by atoms with Gasteiger partial charge in [0.25, 0.3) is 0 Å². The van der Waals surface area contributed by atoms with Crippen LogP contribution in [-0.2, 0) is 14.3 Å². The molecule has 0 atom stereocenters. The summed E-state index contributed by atoms with van der Waals surface area (Å²) in [5.41, 5.74) is 6.99. The van der Waals surface area contributed by atoms with Crippen LogP contribution in [0.3, 0.4) is 0 Å². The van der Waals surface area contributed by atoms with Gasteiger partial charge in [-0.3, -0.25) is 4.79 Å². The molecule has 2 rings (SSSR count). The zero-order chi connectivity index (χ0) is 27.1. The van der Waals surface area contributed by atoms with E-state index in [9.17, 15) is 19.8 Å². The highest BCUT2D eigenvalue weighted by Gasteiger charge is 2.17. The number of allylic oxidation sites excluding steroid dienone is 1. The topological polar surface area (TPSA) is 102 Å². The summed E-state index contributed by atoms with van der Waals surface area (Å²) < 4.78 is 14.4. The molecule has 2 aromatic carbocycles. The van der Waals surface area contributed by atoms with Crippen molar-refractivity contribution in [2.24, 2.45) is 0 Å². The largest absolute Gasteiger partial charge is 0.514 e. The Balaban J connectivity index is 0.000000960. The summed E-state index contributed by atoms with van der Waals surface area (Å²) in [6, 6.07) is 13.2. The molecule has 36 heavy (non-hydrogen) atoms. The van der Waals surface area contributed by atoms with Gasteiger partial charge in [-0.15, -0.1) is 5.73 Å².